The van der Waals surface area contributed by atoms with Crippen molar-refractivity contribution in [3.05, 3.63) is 68.3 Å². The molecule has 2 aromatic carbocycles. The molecule has 1 aromatic heterocycles. The van der Waals surface area contributed by atoms with Crippen molar-refractivity contribution < 1.29 is 32.4 Å². The van der Waals surface area contributed by atoms with Crippen molar-refractivity contribution in [1.82, 2.24) is 9.88 Å². The fourth-order valence-corrected chi connectivity index (χ4v) is 4.98. The minimum absolute atomic E-state index is 0.0122. The number of anilines is 1. The third kappa shape index (κ3) is 7.38. The molecule has 9 nitrogen and oxygen atoms in total. The molecule has 41 heavy (non-hydrogen) atoms. The van der Waals surface area contributed by atoms with Crippen LogP contribution in [-0.4, -0.2) is 52.4 Å². The summed E-state index contributed by atoms with van der Waals surface area (Å²) in [5, 5.41) is 15.0. The van der Waals surface area contributed by atoms with Crippen LogP contribution in [0.5, 0.6) is 5.75 Å². The van der Waals surface area contributed by atoms with E-state index < -0.39 is 40.5 Å². The van der Waals surface area contributed by atoms with Gasteiger partial charge in [0, 0.05) is 30.0 Å². The number of aromatic nitrogens is 1. The quantitative estimate of drug-likeness (QED) is 0.147. The molecule has 0 saturated carbocycles. The maximum atomic E-state index is 14.4. The van der Waals surface area contributed by atoms with E-state index in [2.05, 4.69) is 26.2 Å². The molecule has 1 aliphatic heterocycles. The molecule has 220 valence electrons. The molecule has 0 radical (unpaired) electrons. The van der Waals surface area contributed by atoms with Crippen molar-refractivity contribution in [2.75, 3.05) is 25.0 Å². The fourth-order valence-electron chi connectivity index (χ4n) is 4.64. The van der Waals surface area contributed by atoms with E-state index in [0.717, 1.165) is 6.20 Å². The molecule has 1 amide bonds. The van der Waals surface area contributed by atoms with E-state index in [1.165, 1.54) is 35.2 Å². The predicted octanol–water partition coefficient (Wildman–Crippen LogP) is 7.47. The Bertz CT molecular complexity index is 1450. The Morgan fingerprint density at radius 3 is 2.71 bits per heavy atom. The first kappa shape index (κ1) is 30.4. The van der Waals surface area contributed by atoms with Gasteiger partial charge in [-0.1, -0.05) is 0 Å². The van der Waals surface area contributed by atoms with Gasteiger partial charge >= 0.3 is 11.8 Å². The Kier molecular flexibility index (Phi) is 9.25. The summed E-state index contributed by atoms with van der Waals surface area (Å²) in [6.45, 7) is 5.52. The van der Waals surface area contributed by atoms with E-state index >= 15 is 0 Å². The van der Waals surface area contributed by atoms with E-state index in [0.29, 0.717) is 36.1 Å². The second-order valence-corrected chi connectivity index (χ2v) is 11.6. The molecule has 2 heterocycles. The number of rotatable bonds is 9. The number of alkyl halides is 1. The largest absolute Gasteiger partial charge is 0.493 e. The number of fused-ring (bicyclic) bond motifs is 1. The van der Waals surface area contributed by atoms with Gasteiger partial charge in [-0.05, 0) is 73.8 Å². The number of ether oxygens (including phenoxy) is 2. The number of hydrogen-bond acceptors (Lipinski definition) is 7. The molecule has 0 bridgehead atoms. The van der Waals surface area contributed by atoms with Gasteiger partial charge in [0.05, 0.1) is 34.1 Å². The summed E-state index contributed by atoms with van der Waals surface area (Å²) in [6, 6.07) is 5.81. The standard InChI is InChI=1S/C28H30BrF3N4O5/c1-28(2,3)41-27(37)35-15-17(31)11-23(35)19-10-16(30)6-7-25(19)40-9-5-4-8-33-26-18-12-20(29)21(32)13-22(18)34-14-24(26)36(38)39/h6-7,10,12-14,17,23H,4-5,8-9,11,15H2,1-3H3,(H,33,34)/t17-,23+/m0/s1. The van der Waals surface area contributed by atoms with Gasteiger partial charge in [-0.25, -0.2) is 22.9 Å². The molecule has 1 aliphatic rings. The van der Waals surface area contributed by atoms with Crippen molar-refractivity contribution in [3.8, 4) is 5.75 Å². The van der Waals surface area contributed by atoms with Gasteiger partial charge in [0.1, 0.15) is 41.0 Å². The van der Waals surface area contributed by atoms with Gasteiger partial charge < -0.3 is 14.8 Å². The van der Waals surface area contributed by atoms with Crippen LogP contribution in [0.15, 0.2) is 41.0 Å². The van der Waals surface area contributed by atoms with E-state index in [1.807, 2.05) is 0 Å². The van der Waals surface area contributed by atoms with Gasteiger partial charge in [0.25, 0.3) is 0 Å². The Morgan fingerprint density at radius 1 is 1.24 bits per heavy atom. The van der Waals surface area contributed by atoms with Gasteiger partial charge in [0.2, 0.25) is 0 Å². The average molecular weight is 639 g/mol. The summed E-state index contributed by atoms with van der Waals surface area (Å²) >= 11 is 3.11. The third-order valence-corrected chi connectivity index (χ3v) is 7.03. The Balaban J connectivity index is 1.40. The van der Waals surface area contributed by atoms with Crippen molar-refractivity contribution >= 4 is 44.3 Å². The second-order valence-electron chi connectivity index (χ2n) is 10.7. The maximum Gasteiger partial charge on any atom is 0.410 e. The van der Waals surface area contributed by atoms with Crippen molar-refractivity contribution in [1.29, 1.82) is 0 Å². The van der Waals surface area contributed by atoms with E-state index in [4.69, 9.17) is 9.47 Å². The number of unbranched alkanes of at least 4 members (excludes halogenated alkanes) is 1. The van der Waals surface area contributed by atoms with Crippen LogP contribution in [0.3, 0.4) is 0 Å². The number of pyridine rings is 1. The van der Waals surface area contributed by atoms with Crippen LogP contribution in [0.2, 0.25) is 0 Å². The molecular weight excluding hydrogens is 609 g/mol. The lowest BCUT2D eigenvalue weighted by Crippen LogP contribution is -2.37. The lowest BCUT2D eigenvalue weighted by atomic mass is 10.0. The van der Waals surface area contributed by atoms with Crippen molar-refractivity contribution in [2.45, 2.75) is 57.8 Å². The number of carbonyl (C=O) groups is 1. The Labute approximate surface area is 243 Å². The lowest BCUT2D eigenvalue weighted by Gasteiger charge is -2.29. The summed E-state index contributed by atoms with van der Waals surface area (Å²) in [6.07, 6.45) is 0.159. The summed E-state index contributed by atoms with van der Waals surface area (Å²) in [5.41, 5.74) is -0.159. The van der Waals surface area contributed by atoms with E-state index in [1.54, 1.807) is 20.8 Å². The highest BCUT2D eigenvalue weighted by atomic mass is 79.9. The number of hydrogen-bond donors (Lipinski definition) is 1. The first-order valence-electron chi connectivity index (χ1n) is 13.1. The SMILES string of the molecule is CC(C)(C)OC(=O)N1C[C@@H](F)C[C@@H]1c1cc(F)ccc1OCCCCNc1c([N+](=O)[O-])cnc2cc(F)c(Br)cc12. The van der Waals surface area contributed by atoms with Gasteiger partial charge in [-0.2, -0.15) is 0 Å². The summed E-state index contributed by atoms with van der Waals surface area (Å²) in [4.78, 5) is 29.0. The van der Waals surface area contributed by atoms with Crippen LogP contribution in [0, 0.1) is 21.7 Å². The Hall–Kier alpha value is -3.61. The molecule has 3 aromatic rings. The summed E-state index contributed by atoms with van der Waals surface area (Å²) in [5.74, 6) is -0.744. The van der Waals surface area contributed by atoms with E-state index in [9.17, 15) is 28.1 Å². The number of nitrogens with one attached hydrogen (secondary N) is 1. The minimum Gasteiger partial charge on any atom is -0.493 e. The predicted molar refractivity (Wildman–Crippen MR) is 151 cm³/mol. The molecule has 0 aliphatic carbocycles. The Morgan fingerprint density at radius 2 is 2.00 bits per heavy atom. The van der Waals surface area contributed by atoms with Crippen LogP contribution in [0.4, 0.5) is 29.3 Å². The highest BCUT2D eigenvalue weighted by Gasteiger charge is 2.40. The smallest absolute Gasteiger partial charge is 0.410 e. The monoisotopic (exact) mass is 638 g/mol. The first-order valence-corrected chi connectivity index (χ1v) is 13.9. The zero-order chi connectivity index (χ0) is 29.9. The van der Waals surface area contributed by atoms with Crippen LogP contribution >= 0.6 is 15.9 Å². The highest BCUT2D eigenvalue weighted by molar-refractivity contribution is 9.10. The number of halogens is 4. The first-order chi connectivity index (χ1) is 19.3. The number of carbonyl (C=O) groups excluding carboxylic acids is 1. The molecular formula is C28H30BrF3N4O5. The molecule has 1 fully saturated rings. The van der Waals surface area contributed by atoms with Gasteiger partial charge in [-0.15, -0.1) is 0 Å². The fraction of sp³-hybridized carbons (Fsp3) is 0.429. The molecule has 1 saturated heterocycles. The number of benzene rings is 2. The molecule has 2 atom stereocenters. The molecule has 0 spiro atoms. The summed E-state index contributed by atoms with van der Waals surface area (Å²) in [7, 11) is 0. The zero-order valence-corrected chi connectivity index (χ0v) is 24.3. The topological polar surface area (TPSA) is 107 Å². The number of nitro groups is 1. The van der Waals surface area contributed by atoms with Crippen LogP contribution < -0.4 is 10.1 Å². The second kappa shape index (κ2) is 12.5. The summed E-state index contributed by atoms with van der Waals surface area (Å²) < 4.78 is 54.1. The zero-order valence-electron chi connectivity index (χ0n) is 22.8. The molecule has 4 rings (SSSR count). The molecule has 1 N–H and O–H groups in total. The number of nitrogens with zero attached hydrogens (tertiary/aromatic N) is 3. The van der Waals surface area contributed by atoms with Gasteiger partial charge in [-0.3, -0.25) is 15.0 Å². The van der Waals surface area contributed by atoms with Gasteiger partial charge in [0.15, 0.2) is 0 Å². The van der Waals surface area contributed by atoms with Crippen molar-refractivity contribution in [3.63, 3.8) is 0 Å². The number of amides is 1. The molecule has 0 unspecified atom stereocenters. The number of likely N-dealkylation sites (tertiary alicyclic amines) is 1. The van der Waals surface area contributed by atoms with Crippen LogP contribution in [0.25, 0.3) is 10.9 Å². The maximum absolute atomic E-state index is 14.4. The molecule has 13 heteroatoms. The van der Waals surface area contributed by atoms with Crippen molar-refractivity contribution in [2.24, 2.45) is 0 Å². The highest BCUT2D eigenvalue weighted by Crippen LogP contribution is 2.40. The minimum atomic E-state index is -1.29. The average Bonchev–Trinajstić information content (AvgIpc) is 3.28. The van der Waals surface area contributed by atoms with E-state index in [-0.39, 0.29) is 40.9 Å². The normalized spacial score (nSPS) is 17.1. The lowest BCUT2D eigenvalue weighted by molar-refractivity contribution is -0.384. The van der Waals surface area contributed by atoms with Crippen LogP contribution in [-0.2, 0) is 4.74 Å². The van der Waals surface area contributed by atoms with Crippen LogP contribution in [0.1, 0.15) is 51.6 Å². The third-order valence-electron chi connectivity index (χ3n) is 6.43.